The van der Waals surface area contributed by atoms with Crippen molar-refractivity contribution in [3.8, 4) is 0 Å². The minimum atomic E-state index is -0.527. The molecule has 0 heterocycles. The Labute approximate surface area is 70.2 Å². The molecule has 0 aliphatic heterocycles. The number of hydrogen-bond acceptors (Lipinski definition) is 1. The second-order valence-electron chi connectivity index (χ2n) is 2.50. The van der Waals surface area contributed by atoms with Crippen LogP contribution < -0.4 is 5.73 Å². The van der Waals surface area contributed by atoms with Crippen LogP contribution in [0, 0.1) is 11.7 Å². The second-order valence-corrected chi connectivity index (χ2v) is 2.50. The van der Waals surface area contributed by atoms with Gasteiger partial charge in [0.25, 0.3) is 0 Å². The SMILES string of the molecule is C[C](C(N)=O)c1cccc(F)c1. The van der Waals surface area contributed by atoms with Crippen molar-refractivity contribution in [1.82, 2.24) is 0 Å². The van der Waals surface area contributed by atoms with Crippen molar-refractivity contribution in [2.45, 2.75) is 6.92 Å². The van der Waals surface area contributed by atoms with Gasteiger partial charge in [-0.3, -0.25) is 4.79 Å². The van der Waals surface area contributed by atoms with Gasteiger partial charge in [-0.25, -0.2) is 4.39 Å². The largest absolute Gasteiger partial charge is 0.369 e. The Balaban J connectivity index is 2.95. The van der Waals surface area contributed by atoms with E-state index in [1.54, 1.807) is 13.0 Å². The van der Waals surface area contributed by atoms with E-state index in [1.165, 1.54) is 18.2 Å². The molecule has 0 aliphatic carbocycles. The lowest BCUT2D eigenvalue weighted by Crippen LogP contribution is -2.19. The number of nitrogens with two attached hydrogens (primary N) is 1. The van der Waals surface area contributed by atoms with E-state index in [-0.39, 0.29) is 5.82 Å². The van der Waals surface area contributed by atoms with Gasteiger partial charge in [0.2, 0.25) is 5.91 Å². The van der Waals surface area contributed by atoms with Gasteiger partial charge in [0.05, 0.1) is 5.92 Å². The summed E-state index contributed by atoms with van der Waals surface area (Å²) in [7, 11) is 0. The van der Waals surface area contributed by atoms with Gasteiger partial charge in [-0.05, 0) is 24.6 Å². The number of primary amides is 1. The normalized spacial score (nSPS) is 10.2. The molecule has 0 saturated heterocycles. The maximum absolute atomic E-state index is 12.6. The van der Waals surface area contributed by atoms with E-state index in [0.717, 1.165) is 0 Å². The third-order valence-corrected chi connectivity index (χ3v) is 1.63. The molecule has 1 radical (unpaired) electrons. The molecule has 63 valence electrons. The molecule has 2 nitrogen and oxygen atoms in total. The molecular weight excluding hydrogens is 157 g/mol. The van der Waals surface area contributed by atoms with E-state index >= 15 is 0 Å². The van der Waals surface area contributed by atoms with Crippen molar-refractivity contribution < 1.29 is 9.18 Å². The zero-order chi connectivity index (χ0) is 9.14. The van der Waals surface area contributed by atoms with E-state index < -0.39 is 5.91 Å². The highest BCUT2D eigenvalue weighted by molar-refractivity contribution is 5.92. The van der Waals surface area contributed by atoms with Crippen LogP contribution in [0.2, 0.25) is 0 Å². The number of amides is 1. The molecule has 0 bridgehead atoms. The summed E-state index contributed by atoms with van der Waals surface area (Å²) in [5, 5.41) is 0. The van der Waals surface area contributed by atoms with Gasteiger partial charge in [0, 0.05) is 0 Å². The van der Waals surface area contributed by atoms with Crippen LogP contribution in [-0.2, 0) is 4.79 Å². The molecule has 0 spiro atoms. The molecule has 0 unspecified atom stereocenters. The third kappa shape index (κ3) is 1.81. The van der Waals surface area contributed by atoms with E-state index in [0.29, 0.717) is 11.5 Å². The smallest absolute Gasteiger partial charge is 0.229 e. The summed E-state index contributed by atoms with van der Waals surface area (Å²) in [6.45, 7) is 1.57. The molecular formula is C9H9FNO. The number of rotatable bonds is 2. The quantitative estimate of drug-likeness (QED) is 0.706. The number of benzene rings is 1. The van der Waals surface area contributed by atoms with Gasteiger partial charge in [-0.1, -0.05) is 12.1 Å². The van der Waals surface area contributed by atoms with Crippen LogP contribution in [-0.4, -0.2) is 5.91 Å². The van der Waals surface area contributed by atoms with Crippen LogP contribution in [0.5, 0.6) is 0 Å². The van der Waals surface area contributed by atoms with Crippen LogP contribution in [0.3, 0.4) is 0 Å². The number of carbonyl (C=O) groups is 1. The second kappa shape index (κ2) is 3.34. The van der Waals surface area contributed by atoms with Crippen molar-refractivity contribution in [1.29, 1.82) is 0 Å². The van der Waals surface area contributed by atoms with Gasteiger partial charge in [-0.2, -0.15) is 0 Å². The Hall–Kier alpha value is -1.38. The minimum absolute atomic E-state index is 0.367. The van der Waals surface area contributed by atoms with Gasteiger partial charge in [0.1, 0.15) is 5.82 Å². The van der Waals surface area contributed by atoms with E-state index in [2.05, 4.69) is 0 Å². The van der Waals surface area contributed by atoms with E-state index in [1.807, 2.05) is 0 Å². The molecule has 12 heavy (non-hydrogen) atoms. The summed E-state index contributed by atoms with van der Waals surface area (Å²) in [5.41, 5.74) is 5.55. The highest BCUT2D eigenvalue weighted by Gasteiger charge is 2.12. The number of halogens is 1. The first-order valence-electron chi connectivity index (χ1n) is 3.50. The molecule has 0 fully saturated rings. The first-order chi connectivity index (χ1) is 5.61. The summed E-state index contributed by atoms with van der Waals surface area (Å²) < 4.78 is 12.6. The Kier molecular flexibility index (Phi) is 2.43. The monoisotopic (exact) mass is 166 g/mol. The zero-order valence-electron chi connectivity index (χ0n) is 6.67. The summed E-state index contributed by atoms with van der Waals surface area (Å²) in [6, 6.07) is 5.78. The zero-order valence-corrected chi connectivity index (χ0v) is 6.67. The van der Waals surface area contributed by atoms with Crippen molar-refractivity contribution in [2.24, 2.45) is 5.73 Å². The average Bonchev–Trinajstić information content (AvgIpc) is 2.03. The van der Waals surface area contributed by atoms with Crippen molar-refractivity contribution in [3.05, 3.63) is 41.6 Å². The molecule has 1 aromatic carbocycles. The molecule has 0 aliphatic rings. The molecule has 2 N–H and O–H groups in total. The molecule has 1 rings (SSSR count). The Morgan fingerprint density at radius 3 is 2.67 bits per heavy atom. The minimum Gasteiger partial charge on any atom is -0.369 e. The van der Waals surface area contributed by atoms with Crippen molar-refractivity contribution >= 4 is 5.91 Å². The summed E-state index contributed by atoms with van der Waals surface area (Å²) in [4.78, 5) is 10.7. The fourth-order valence-corrected chi connectivity index (χ4v) is 0.864. The molecule has 1 aromatic rings. The van der Waals surface area contributed by atoms with E-state index in [4.69, 9.17) is 5.73 Å². The van der Waals surface area contributed by atoms with Crippen molar-refractivity contribution in [2.75, 3.05) is 0 Å². The Morgan fingerprint density at radius 2 is 2.17 bits per heavy atom. The number of hydrogen-bond donors (Lipinski definition) is 1. The van der Waals surface area contributed by atoms with Gasteiger partial charge in [0.15, 0.2) is 0 Å². The predicted molar refractivity (Wildman–Crippen MR) is 43.6 cm³/mol. The summed E-state index contributed by atoms with van der Waals surface area (Å²) in [6.07, 6.45) is 0. The fourth-order valence-electron chi connectivity index (χ4n) is 0.864. The highest BCUT2D eigenvalue weighted by Crippen LogP contribution is 2.13. The lowest BCUT2D eigenvalue weighted by molar-refractivity contribution is -0.115. The standard InChI is InChI=1S/C9H9FNO/c1-6(9(11)12)7-3-2-4-8(10)5-7/h2-5H,1H3,(H2,11,12). The number of carbonyl (C=O) groups excluding carboxylic acids is 1. The molecule has 0 saturated carbocycles. The first-order valence-corrected chi connectivity index (χ1v) is 3.50. The first kappa shape index (κ1) is 8.71. The topological polar surface area (TPSA) is 43.1 Å². The Bertz CT molecular complexity index is 298. The molecule has 1 amide bonds. The predicted octanol–water partition coefficient (Wildman–Crippen LogP) is 1.25. The van der Waals surface area contributed by atoms with Crippen LogP contribution in [0.4, 0.5) is 4.39 Å². The lowest BCUT2D eigenvalue weighted by Gasteiger charge is -2.05. The van der Waals surface area contributed by atoms with E-state index in [9.17, 15) is 9.18 Å². The van der Waals surface area contributed by atoms with Crippen LogP contribution >= 0.6 is 0 Å². The third-order valence-electron chi connectivity index (χ3n) is 1.63. The van der Waals surface area contributed by atoms with Gasteiger partial charge >= 0.3 is 0 Å². The molecule has 0 atom stereocenters. The average molecular weight is 166 g/mol. The van der Waals surface area contributed by atoms with Crippen LogP contribution in [0.25, 0.3) is 0 Å². The highest BCUT2D eigenvalue weighted by atomic mass is 19.1. The Morgan fingerprint density at radius 1 is 1.50 bits per heavy atom. The summed E-state index contributed by atoms with van der Waals surface area (Å²) in [5.74, 6) is -0.525. The fraction of sp³-hybridized carbons (Fsp3) is 0.111. The summed E-state index contributed by atoms with van der Waals surface area (Å²) >= 11 is 0. The maximum Gasteiger partial charge on any atom is 0.229 e. The van der Waals surface area contributed by atoms with Gasteiger partial charge in [-0.15, -0.1) is 0 Å². The lowest BCUT2D eigenvalue weighted by atomic mass is 10.0. The molecule has 3 heteroatoms. The molecule has 0 aromatic heterocycles. The van der Waals surface area contributed by atoms with Crippen LogP contribution in [0.15, 0.2) is 24.3 Å². The van der Waals surface area contributed by atoms with Crippen molar-refractivity contribution in [3.63, 3.8) is 0 Å². The van der Waals surface area contributed by atoms with Gasteiger partial charge < -0.3 is 5.73 Å². The maximum atomic E-state index is 12.6. The van der Waals surface area contributed by atoms with Crippen LogP contribution in [0.1, 0.15) is 12.5 Å².